The first kappa shape index (κ1) is 14.0. The fraction of sp³-hybridized carbons (Fsp3) is 0.133. The lowest BCUT2D eigenvalue weighted by Crippen LogP contribution is -2.09. The lowest BCUT2D eigenvalue weighted by molar-refractivity contribution is 0.627. The molecule has 2 N–H and O–H groups in total. The zero-order valence-corrected chi connectivity index (χ0v) is 11.9. The molecule has 0 amide bonds. The number of nitrogens with two attached hydrogens (primary N) is 1. The van der Waals surface area contributed by atoms with Gasteiger partial charge in [0.2, 0.25) is 0 Å². The molecule has 0 unspecified atom stereocenters. The smallest absolute Gasteiger partial charge is 0.123 e. The Morgan fingerprint density at radius 1 is 1.05 bits per heavy atom. The Labute approximate surface area is 122 Å². The molecule has 2 rings (SSSR count). The predicted molar refractivity (Wildman–Crippen MR) is 83.7 cm³/mol. The molecule has 0 radical (unpaired) electrons. The van der Waals surface area contributed by atoms with Gasteiger partial charge in [0.1, 0.15) is 10.8 Å². The van der Waals surface area contributed by atoms with Gasteiger partial charge in [0.05, 0.1) is 0 Å². The van der Waals surface area contributed by atoms with Crippen LogP contribution in [0, 0.1) is 5.82 Å². The highest BCUT2D eigenvalue weighted by molar-refractivity contribution is 7.97. The van der Waals surface area contributed by atoms with Crippen molar-refractivity contribution in [1.82, 2.24) is 0 Å². The van der Waals surface area contributed by atoms with E-state index in [9.17, 15) is 4.39 Å². The molecule has 0 saturated carbocycles. The lowest BCUT2D eigenvalue weighted by Gasteiger charge is -2.05. The molecular weight excluding hydrogens is 277 g/mol. The van der Waals surface area contributed by atoms with Gasteiger partial charge in [-0.25, -0.2) is 4.39 Å². The summed E-state index contributed by atoms with van der Waals surface area (Å²) in [4.78, 5) is 0.422. The number of hydrogen-bond acceptors (Lipinski definition) is 2. The quantitative estimate of drug-likeness (QED) is 0.846. The maximum absolute atomic E-state index is 12.8. The summed E-state index contributed by atoms with van der Waals surface area (Å²) in [7, 11) is 0. The van der Waals surface area contributed by atoms with Crippen LogP contribution >= 0.6 is 24.0 Å². The molecular formula is C15H14FNS2. The molecule has 1 nitrogen and oxygen atoms in total. The first-order valence-electron chi connectivity index (χ1n) is 5.86. The van der Waals surface area contributed by atoms with Gasteiger partial charge in [-0.2, -0.15) is 11.8 Å². The van der Waals surface area contributed by atoms with Crippen molar-refractivity contribution in [2.24, 2.45) is 5.73 Å². The minimum Gasteiger partial charge on any atom is -0.389 e. The SMILES string of the molecule is NC(=S)c1cccc(CSCc2ccc(F)cc2)c1. The average Bonchev–Trinajstić information content (AvgIpc) is 2.41. The van der Waals surface area contributed by atoms with Gasteiger partial charge >= 0.3 is 0 Å². The van der Waals surface area contributed by atoms with Gasteiger partial charge < -0.3 is 5.73 Å². The molecule has 0 heterocycles. The Kier molecular flexibility index (Phi) is 4.93. The van der Waals surface area contributed by atoms with Crippen molar-refractivity contribution in [3.63, 3.8) is 0 Å². The molecule has 4 heteroatoms. The minimum atomic E-state index is -0.196. The van der Waals surface area contributed by atoms with E-state index in [0.29, 0.717) is 4.99 Å². The van der Waals surface area contributed by atoms with Crippen LogP contribution in [-0.4, -0.2) is 4.99 Å². The molecule has 0 aromatic heterocycles. The van der Waals surface area contributed by atoms with Crippen molar-refractivity contribution in [3.05, 3.63) is 71.0 Å². The molecule has 2 aromatic rings. The second kappa shape index (κ2) is 6.68. The molecule has 0 bridgehead atoms. The Morgan fingerprint density at radius 3 is 2.42 bits per heavy atom. The zero-order chi connectivity index (χ0) is 13.7. The summed E-state index contributed by atoms with van der Waals surface area (Å²) in [6.07, 6.45) is 0. The highest BCUT2D eigenvalue weighted by Gasteiger charge is 2.00. The van der Waals surface area contributed by atoms with Crippen LogP contribution in [-0.2, 0) is 11.5 Å². The third kappa shape index (κ3) is 4.33. The Balaban J connectivity index is 1.90. The number of rotatable bonds is 5. The summed E-state index contributed by atoms with van der Waals surface area (Å²) in [5, 5.41) is 0. The molecule has 98 valence electrons. The maximum atomic E-state index is 12.8. The summed E-state index contributed by atoms with van der Waals surface area (Å²) < 4.78 is 12.8. The van der Waals surface area contributed by atoms with E-state index in [1.165, 1.54) is 17.7 Å². The van der Waals surface area contributed by atoms with E-state index in [-0.39, 0.29) is 5.82 Å². The van der Waals surface area contributed by atoms with Crippen molar-refractivity contribution in [2.45, 2.75) is 11.5 Å². The topological polar surface area (TPSA) is 26.0 Å². The van der Waals surface area contributed by atoms with Crippen molar-refractivity contribution < 1.29 is 4.39 Å². The Morgan fingerprint density at radius 2 is 1.74 bits per heavy atom. The van der Waals surface area contributed by atoms with Gasteiger partial charge in [0, 0.05) is 17.1 Å². The number of thioether (sulfide) groups is 1. The fourth-order valence-corrected chi connectivity index (χ4v) is 2.75. The summed E-state index contributed by atoms with van der Waals surface area (Å²) in [6, 6.07) is 14.5. The van der Waals surface area contributed by atoms with Crippen LogP contribution in [0.2, 0.25) is 0 Å². The monoisotopic (exact) mass is 291 g/mol. The molecule has 0 fully saturated rings. The lowest BCUT2D eigenvalue weighted by atomic mass is 10.1. The summed E-state index contributed by atoms with van der Waals surface area (Å²) in [6.45, 7) is 0. The molecule has 0 saturated heterocycles. The molecule has 0 aliphatic heterocycles. The number of benzene rings is 2. The van der Waals surface area contributed by atoms with Crippen LogP contribution in [0.15, 0.2) is 48.5 Å². The Bertz CT molecular complexity index is 567. The van der Waals surface area contributed by atoms with E-state index in [0.717, 1.165) is 22.6 Å². The molecule has 0 aliphatic rings. The van der Waals surface area contributed by atoms with Crippen molar-refractivity contribution in [1.29, 1.82) is 0 Å². The van der Waals surface area contributed by atoms with Crippen LogP contribution in [0.1, 0.15) is 16.7 Å². The summed E-state index contributed by atoms with van der Waals surface area (Å²) in [5.41, 5.74) is 8.82. The van der Waals surface area contributed by atoms with Gasteiger partial charge in [-0.15, -0.1) is 0 Å². The summed E-state index contributed by atoms with van der Waals surface area (Å²) >= 11 is 6.74. The largest absolute Gasteiger partial charge is 0.389 e. The third-order valence-electron chi connectivity index (χ3n) is 2.66. The van der Waals surface area contributed by atoms with Crippen LogP contribution in [0.5, 0.6) is 0 Å². The second-order valence-corrected chi connectivity index (χ2v) is 5.61. The van der Waals surface area contributed by atoms with Gasteiger partial charge in [-0.3, -0.25) is 0 Å². The summed E-state index contributed by atoms with van der Waals surface area (Å²) in [5.74, 6) is 1.55. The van der Waals surface area contributed by atoms with E-state index in [1.54, 1.807) is 11.8 Å². The minimum absolute atomic E-state index is 0.196. The van der Waals surface area contributed by atoms with Crippen LogP contribution in [0.25, 0.3) is 0 Å². The van der Waals surface area contributed by atoms with Gasteiger partial charge in [-0.05, 0) is 29.3 Å². The van der Waals surface area contributed by atoms with E-state index >= 15 is 0 Å². The van der Waals surface area contributed by atoms with Gasteiger partial charge in [-0.1, -0.05) is 42.5 Å². The van der Waals surface area contributed by atoms with Crippen LogP contribution in [0.4, 0.5) is 4.39 Å². The number of hydrogen-bond donors (Lipinski definition) is 1. The first-order chi connectivity index (χ1) is 9.15. The van der Waals surface area contributed by atoms with Gasteiger partial charge in [0.25, 0.3) is 0 Å². The number of thiocarbonyl (C=S) groups is 1. The Hall–Kier alpha value is -1.39. The van der Waals surface area contributed by atoms with Crippen LogP contribution in [0.3, 0.4) is 0 Å². The molecule has 0 aliphatic carbocycles. The highest BCUT2D eigenvalue weighted by atomic mass is 32.2. The van der Waals surface area contributed by atoms with Crippen molar-refractivity contribution >= 4 is 29.0 Å². The maximum Gasteiger partial charge on any atom is 0.123 e. The van der Waals surface area contributed by atoms with Crippen LogP contribution < -0.4 is 5.73 Å². The average molecular weight is 291 g/mol. The normalized spacial score (nSPS) is 10.4. The highest BCUT2D eigenvalue weighted by Crippen LogP contribution is 2.18. The van der Waals surface area contributed by atoms with Gasteiger partial charge in [0.15, 0.2) is 0 Å². The molecule has 19 heavy (non-hydrogen) atoms. The molecule has 0 spiro atoms. The zero-order valence-electron chi connectivity index (χ0n) is 10.3. The van der Waals surface area contributed by atoms with E-state index in [2.05, 4.69) is 6.07 Å². The van der Waals surface area contributed by atoms with E-state index < -0.39 is 0 Å². The molecule has 2 aromatic carbocycles. The van der Waals surface area contributed by atoms with E-state index in [1.807, 2.05) is 30.3 Å². The van der Waals surface area contributed by atoms with E-state index in [4.69, 9.17) is 18.0 Å². The predicted octanol–water partition coefficient (Wildman–Crippen LogP) is 3.89. The van der Waals surface area contributed by atoms with Crippen molar-refractivity contribution in [3.8, 4) is 0 Å². The second-order valence-electron chi connectivity index (χ2n) is 4.18. The molecule has 0 atom stereocenters. The number of halogens is 1. The van der Waals surface area contributed by atoms with Crippen molar-refractivity contribution in [2.75, 3.05) is 0 Å². The fourth-order valence-electron chi connectivity index (χ4n) is 1.68. The first-order valence-corrected chi connectivity index (χ1v) is 7.42. The standard InChI is InChI=1S/C15H14FNS2/c16-14-6-4-11(5-7-14)9-19-10-12-2-1-3-13(8-12)15(17)18/h1-8H,9-10H2,(H2,17,18). The third-order valence-corrected chi connectivity index (χ3v) is 3.97.